The molecule has 0 bridgehead atoms. The monoisotopic (exact) mass is 325 g/mol. The lowest BCUT2D eigenvalue weighted by molar-refractivity contribution is 0.633. The zero-order chi connectivity index (χ0) is 13.3. The predicted octanol–water partition coefficient (Wildman–Crippen LogP) is 4.06. The minimum absolute atomic E-state index is 0.515. The van der Waals surface area contributed by atoms with Gasteiger partial charge in [-0.2, -0.15) is 11.3 Å². The molecule has 2 rings (SSSR count). The van der Waals surface area contributed by atoms with Gasteiger partial charge in [0.2, 0.25) is 0 Å². The van der Waals surface area contributed by atoms with E-state index in [1.165, 1.54) is 5.56 Å². The fourth-order valence-electron chi connectivity index (χ4n) is 1.74. The molecule has 2 heterocycles. The second-order valence-electron chi connectivity index (χ2n) is 4.76. The fraction of sp³-hybridized carbons (Fsp3) is 0.385. The molecule has 0 aliphatic carbocycles. The third kappa shape index (κ3) is 2.72. The predicted molar refractivity (Wildman–Crippen MR) is 80.7 cm³/mol. The molecule has 0 saturated heterocycles. The number of aromatic nitrogens is 2. The van der Waals surface area contributed by atoms with E-state index in [9.17, 15) is 0 Å². The van der Waals surface area contributed by atoms with Gasteiger partial charge in [-0.15, -0.1) is 0 Å². The largest absolute Gasteiger partial charge is 0.383 e. The van der Waals surface area contributed by atoms with Crippen molar-refractivity contribution in [2.24, 2.45) is 5.92 Å². The maximum atomic E-state index is 5.96. The van der Waals surface area contributed by atoms with Crippen molar-refractivity contribution in [1.82, 2.24) is 9.97 Å². The first-order valence-electron chi connectivity index (χ1n) is 5.84. The molecule has 96 valence electrons. The van der Waals surface area contributed by atoms with E-state index in [1.807, 2.05) is 0 Å². The lowest BCUT2D eigenvalue weighted by atomic mass is 10.1. The Morgan fingerprint density at radius 2 is 2.06 bits per heavy atom. The van der Waals surface area contributed by atoms with Crippen molar-refractivity contribution in [2.45, 2.75) is 27.2 Å². The summed E-state index contributed by atoms with van der Waals surface area (Å²) in [6.07, 6.45) is 0.892. The van der Waals surface area contributed by atoms with Gasteiger partial charge in [-0.3, -0.25) is 0 Å². The Morgan fingerprint density at radius 1 is 1.33 bits per heavy atom. The Hall–Kier alpha value is -0.940. The molecule has 0 aromatic carbocycles. The van der Waals surface area contributed by atoms with Crippen LogP contribution in [0.25, 0.3) is 11.4 Å². The van der Waals surface area contributed by atoms with Crippen LogP contribution in [0, 0.1) is 12.8 Å². The summed E-state index contributed by atoms with van der Waals surface area (Å²) in [7, 11) is 0. The Balaban J connectivity index is 2.51. The van der Waals surface area contributed by atoms with Crippen molar-refractivity contribution in [1.29, 1.82) is 0 Å². The second kappa shape index (κ2) is 5.36. The minimum Gasteiger partial charge on any atom is -0.383 e. The Morgan fingerprint density at radius 3 is 2.61 bits per heavy atom. The molecule has 0 aliphatic heterocycles. The molecular weight excluding hydrogens is 310 g/mol. The number of nitrogens with zero attached hydrogens (tertiary/aromatic N) is 2. The summed E-state index contributed by atoms with van der Waals surface area (Å²) in [6, 6.07) is 0. The standard InChI is InChI=1S/C13H16BrN3S/c1-7(2)4-10-11(14)12(15)17-13(16-10)9-6-18-5-8(9)3/h5-7H,4H2,1-3H3,(H2,15,16,17). The van der Waals surface area contributed by atoms with Gasteiger partial charge in [0.1, 0.15) is 5.82 Å². The van der Waals surface area contributed by atoms with Gasteiger partial charge < -0.3 is 5.73 Å². The zero-order valence-electron chi connectivity index (χ0n) is 10.7. The molecule has 5 heteroatoms. The molecule has 0 aliphatic rings. The summed E-state index contributed by atoms with van der Waals surface area (Å²) in [5, 5.41) is 4.16. The Bertz CT molecular complexity index is 563. The number of nitrogen functional groups attached to an aromatic ring is 1. The third-order valence-corrected chi connectivity index (χ3v) is 4.37. The zero-order valence-corrected chi connectivity index (χ0v) is 13.1. The number of nitrogens with two attached hydrogens (primary N) is 1. The van der Waals surface area contributed by atoms with Crippen molar-refractivity contribution < 1.29 is 0 Å². The van der Waals surface area contributed by atoms with Crippen LogP contribution in [-0.4, -0.2) is 9.97 Å². The number of halogens is 1. The quantitative estimate of drug-likeness (QED) is 0.925. The highest BCUT2D eigenvalue weighted by Gasteiger charge is 2.14. The third-order valence-electron chi connectivity index (χ3n) is 2.64. The molecule has 0 amide bonds. The fourth-order valence-corrected chi connectivity index (χ4v) is 2.91. The number of thiophene rings is 1. The average molecular weight is 326 g/mol. The first-order valence-corrected chi connectivity index (χ1v) is 7.57. The number of hydrogen-bond acceptors (Lipinski definition) is 4. The van der Waals surface area contributed by atoms with Gasteiger partial charge in [0.15, 0.2) is 5.82 Å². The number of anilines is 1. The first kappa shape index (κ1) is 13.5. The molecule has 0 radical (unpaired) electrons. The molecule has 0 unspecified atom stereocenters. The molecule has 0 saturated carbocycles. The lowest BCUT2D eigenvalue weighted by Gasteiger charge is -2.10. The first-order chi connectivity index (χ1) is 8.49. The topological polar surface area (TPSA) is 51.8 Å². The van der Waals surface area contributed by atoms with Gasteiger partial charge in [0.05, 0.1) is 10.2 Å². The molecule has 0 atom stereocenters. The van der Waals surface area contributed by atoms with Crippen LogP contribution >= 0.6 is 27.3 Å². The van der Waals surface area contributed by atoms with Crippen LogP contribution < -0.4 is 5.73 Å². The highest BCUT2D eigenvalue weighted by molar-refractivity contribution is 9.10. The molecule has 2 aromatic rings. The van der Waals surface area contributed by atoms with E-state index < -0.39 is 0 Å². The van der Waals surface area contributed by atoms with Crippen molar-refractivity contribution >= 4 is 33.1 Å². The highest BCUT2D eigenvalue weighted by Crippen LogP contribution is 2.29. The summed E-state index contributed by atoms with van der Waals surface area (Å²) in [4.78, 5) is 9.02. The number of hydrogen-bond donors (Lipinski definition) is 1. The van der Waals surface area contributed by atoms with E-state index in [1.54, 1.807) is 11.3 Å². The summed E-state index contributed by atoms with van der Waals surface area (Å²) >= 11 is 5.14. The van der Waals surface area contributed by atoms with Gasteiger partial charge in [-0.25, -0.2) is 9.97 Å². The summed E-state index contributed by atoms with van der Waals surface area (Å²) < 4.78 is 0.827. The van der Waals surface area contributed by atoms with Crippen LogP contribution in [-0.2, 0) is 6.42 Å². The Kier molecular flexibility index (Phi) is 4.02. The number of rotatable bonds is 3. The van der Waals surface area contributed by atoms with E-state index in [0.29, 0.717) is 11.7 Å². The maximum absolute atomic E-state index is 5.96. The van der Waals surface area contributed by atoms with E-state index in [4.69, 9.17) is 5.73 Å². The number of aryl methyl sites for hydroxylation is 1. The van der Waals surface area contributed by atoms with Gasteiger partial charge >= 0.3 is 0 Å². The lowest BCUT2D eigenvalue weighted by Crippen LogP contribution is -2.05. The van der Waals surface area contributed by atoms with Gasteiger partial charge in [-0.05, 0) is 46.1 Å². The van der Waals surface area contributed by atoms with Crippen molar-refractivity contribution in [3.8, 4) is 11.4 Å². The van der Waals surface area contributed by atoms with E-state index in [2.05, 4.69) is 57.4 Å². The maximum Gasteiger partial charge on any atom is 0.162 e. The van der Waals surface area contributed by atoms with Crippen LogP contribution in [0.1, 0.15) is 25.1 Å². The average Bonchev–Trinajstić information content (AvgIpc) is 2.70. The van der Waals surface area contributed by atoms with Crippen molar-refractivity contribution in [2.75, 3.05) is 5.73 Å². The van der Waals surface area contributed by atoms with Gasteiger partial charge in [0.25, 0.3) is 0 Å². The summed E-state index contributed by atoms with van der Waals surface area (Å²) in [5.74, 6) is 1.78. The molecular formula is C13H16BrN3S. The summed E-state index contributed by atoms with van der Waals surface area (Å²) in [5.41, 5.74) is 9.21. The van der Waals surface area contributed by atoms with E-state index >= 15 is 0 Å². The molecule has 2 aromatic heterocycles. The van der Waals surface area contributed by atoms with Crippen LogP contribution in [0.2, 0.25) is 0 Å². The molecule has 2 N–H and O–H groups in total. The van der Waals surface area contributed by atoms with Crippen LogP contribution in [0.15, 0.2) is 15.2 Å². The summed E-state index contributed by atoms with van der Waals surface area (Å²) in [6.45, 7) is 6.40. The van der Waals surface area contributed by atoms with Crippen LogP contribution in [0.5, 0.6) is 0 Å². The van der Waals surface area contributed by atoms with Gasteiger partial charge in [0, 0.05) is 10.9 Å². The minimum atomic E-state index is 0.515. The van der Waals surface area contributed by atoms with Crippen molar-refractivity contribution in [3.63, 3.8) is 0 Å². The molecule has 18 heavy (non-hydrogen) atoms. The normalized spacial score (nSPS) is 11.2. The van der Waals surface area contributed by atoms with Crippen molar-refractivity contribution in [3.05, 3.63) is 26.5 Å². The SMILES string of the molecule is Cc1cscc1-c1nc(N)c(Br)c(CC(C)C)n1. The van der Waals surface area contributed by atoms with Crippen LogP contribution in [0.3, 0.4) is 0 Å². The highest BCUT2D eigenvalue weighted by atomic mass is 79.9. The van der Waals surface area contributed by atoms with E-state index in [-0.39, 0.29) is 0 Å². The smallest absolute Gasteiger partial charge is 0.162 e. The second-order valence-corrected chi connectivity index (χ2v) is 6.30. The van der Waals surface area contributed by atoms with E-state index in [0.717, 1.165) is 28.0 Å². The van der Waals surface area contributed by atoms with Gasteiger partial charge in [-0.1, -0.05) is 13.8 Å². The molecule has 0 spiro atoms. The molecule has 0 fully saturated rings. The molecule has 3 nitrogen and oxygen atoms in total. The van der Waals surface area contributed by atoms with Crippen LogP contribution in [0.4, 0.5) is 5.82 Å². The Labute approximate surface area is 120 Å².